The van der Waals surface area contributed by atoms with E-state index in [2.05, 4.69) is 19.1 Å². The third-order valence-electron chi connectivity index (χ3n) is 8.98. The molecule has 1 N–H and O–H groups in total. The van der Waals surface area contributed by atoms with Crippen LogP contribution in [-0.2, 0) is 14.3 Å². The molecule has 4 aliphatic carbocycles. The predicted octanol–water partition coefficient (Wildman–Crippen LogP) is 3.64. The van der Waals surface area contributed by atoms with E-state index in [0.717, 1.165) is 19.3 Å². The molecule has 4 heteroatoms. The Balaban J connectivity index is 1.47. The number of aliphatic hydroxyl groups excluding tert-OH is 1. The molecular weight excluding hydrogens is 340 g/mol. The Morgan fingerprint density at radius 2 is 2.11 bits per heavy atom. The quantitative estimate of drug-likeness (QED) is 0.752. The van der Waals surface area contributed by atoms with E-state index in [4.69, 9.17) is 9.47 Å². The summed E-state index contributed by atoms with van der Waals surface area (Å²) in [6, 6.07) is 0. The molecule has 0 radical (unpaired) electrons. The van der Waals surface area contributed by atoms with Gasteiger partial charge in [0.05, 0.1) is 5.60 Å². The maximum absolute atomic E-state index is 12.0. The van der Waals surface area contributed by atoms with Gasteiger partial charge in [-0.2, -0.15) is 0 Å². The molecule has 148 valence electrons. The van der Waals surface area contributed by atoms with Crippen LogP contribution in [0.4, 0.5) is 0 Å². The fraction of sp³-hybridized carbons (Fsp3) is 0.783. The Bertz CT molecular complexity index is 696. The van der Waals surface area contributed by atoms with Gasteiger partial charge in [0.2, 0.25) is 0 Å². The van der Waals surface area contributed by atoms with Gasteiger partial charge >= 0.3 is 0 Å². The first kappa shape index (κ1) is 18.1. The maximum atomic E-state index is 12.0. The van der Waals surface area contributed by atoms with Crippen molar-refractivity contribution in [2.45, 2.75) is 63.8 Å². The molecule has 27 heavy (non-hydrogen) atoms. The first-order valence-electron chi connectivity index (χ1n) is 10.8. The highest BCUT2D eigenvalue weighted by molar-refractivity contribution is 5.91. The highest BCUT2D eigenvalue weighted by Crippen LogP contribution is 2.67. The van der Waals surface area contributed by atoms with Crippen LogP contribution in [0, 0.1) is 35.0 Å². The monoisotopic (exact) mass is 372 g/mol. The summed E-state index contributed by atoms with van der Waals surface area (Å²) < 4.78 is 11.9. The van der Waals surface area contributed by atoms with Gasteiger partial charge in [0.1, 0.15) is 0 Å². The number of fused-ring (bicyclic) bond motifs is 6. The molecule has 4 unspecified atom stereocenters. The van der Waals surface area contributed by atoms with Gasteiger partial charge in [-0.15, -0.1) is 0 Å². The molecule has 0 amide bonds. The normalized spacial score (nSPS) is 51.1. The zero-order chi connectivity index (χ0) is 18.8. The van der Waals surface area contributed by atoms with Crippen molar-refractivity contribution in [3.05, 3.63) is 23.8 Å². The maximum Gasteiger partial charge on any atom is 0.177 e. The lowest BCUT2D eigenvalue weighted by Gasteiger charge is -2.57. The highest BCUT2D eigenvalue weighted by atomic mass is 16.7. The number of rotatable bonds is 2. The van der Waals surface area contributed by atoms with Crippen LogP contribution >= 0.6 is 0 Å². The predicted molar refractivity (Wildman–Crippen MR) is 102 cm³/mol. The molecule has 5 rings (SSSR count). The molecule has 1 aliphatic heterocycles. The fourth-order valence-electron chi connectivity index (χ4n) is 7.66. The van der Waals surface area contributed by atoms with Gasteiger partial charge in [0.25, 0.3) is 0 Å². The molecule has 3 saturated carbocycles. The SMILES string of the molecule is COC1C=C[C@@]2(CCC3C4C[C@@H](CO)C5=CC(=O)CC[C@@H]5C4CC[C@@]32C)O1. The summed E-state index contributed by atoms with van der Waals surface area (Å²) in [5, 5.41) is 10.1. The van der Waals surface area contributed by atoms with E-state index < -0.39 is 0 Å². The summed E-state index contributed by atoms with van der Waals surface area (Å²) in [7, 11) is 1.71. The molecule has 0 aromatic carbocycles. The second kappa shape index (κ2) is 6.27. The van der Waals surface area contributed by atoms with Crippen LogP contribution in [0.3, 0.4) is 0 Å². The van der Waals surface area contributed by atoms with Crippen molar-refractivity contribution in [1.29, 1.82) is 0 Å². The van der Waals surface area contributed by atoms with Crippen LogP contribution in [-0.4, -0.2) is 36.5 Å². The summed E-state index contributed by atoms with van der Waals surface area (Å²) in [6.07, 6.45) is 13.4. The average molecular weight is 373 g/mol. The van der Waals surface area contributed by atoms with Gasteiger partial charge in [-0.1, -0.05) is 18.6 Å². The molecule has 5 aliphatic rings. The molecule has 0 aromatic heterocycles. The molecule has 3 fully saturated rings. The van der Waals surface area contributed by atoms with Gasteiger partial charge < -0.3 is 14.6 Å². The molecule has 0 saturated heterocycles. The van der Waals surface area contributed by atoms with E-state index in [9.17, 15) is 9.90 Å². The third kappa shape index (κ3) is 2.42. The van der Waals surface area contributed by atoms with Crippen LogP contribution in [0.1, 0.15) is 51.9 Å². The van der Waals surface area contributed by atoms with Crippen LogP contribution < -0.4 is 0 Å². The molecule has 4 nitrogen and oxygen atoms in total. The number of aliphatic hydroxyl groups is 1. The van der Waals surface area contributed by atoms with Crippen LogP contribution in [0.5, 0.6) is 0 Å². The first-order valence-corrected chi connectivity index (χ1v) is 10.8. The zero-order valence-corrected chi connectivity index (χ0v) is 16.5. The first-order chi connectivity index (χ1) is 13.0. The summed E-state index contributed by atoms with van der Waals surface area (Å²) in [5.74, 6) is 2.87. The lowest BCUT2D eigenvalue weighted by atomic mass is 9.49. The number of ether oxygens (including phenoxy) is 2. The van der Waals surface area contributed by atoms with E-state index in [-0.39, 0.29) is 35.6 Å². The molecule has 1 spiro atoms. The van der Waals surface area contributed by atoms with Gasteiger partial charge in [0, 0.05) is 31.5 Å². The minimum absolute atomic E-state index is 0.143. The molecule has 0 aromatic rings. The molecule has 0 bridgehead atoms. The number of carbonyl (C=O) groups excluding carboxylic acids is 1. The van der Waals surface area contributed by atoms with Crippen molar-refractivity contribution in [1.82, 2.24) is 0 Å². The lowest BCUT2D eigenvalue weighted by Crippen LogP contribution is -2.53. The van der Waals surface area contributed by atoms with Crippen LogP contribution in [0.25, 0.3) is 0 Å². The second-order valence-electron chi connectivity index (χ2n) is 9.77. The van der Waals surface area contributed by atoms with Gasteiger partial charge in [0.15, 0.2) is 12.1 Å². The number of methoxy groups -OCH3 is 1. The number of hydrogen-bond acceptors (Lipinski definition) is 4. The van der Waals surface area contributed by atoms with E-state index in [1.54, 1.807) is 7.11 Å². The number of carbonyl (C=O) groups is 1. The number of ketones is 1. The molecule has 1 heterocycles. The topological polar surface area (TPSA) is 55.8 Å². The van der Waals surface area contributed by atoms with Crippen molar-refractivity contribution in [3.8, 4) is 0 Å². The highest BCUT2D eigenvalue weighted by Gasteiger charge is 2.64. The summed E-state index contributed by atoms with van der Waals surface area (Å²) in [5.41, 5.74) is 1.23. The van der Waals surface area contributed by atoms with E-state index in [1.165, 1.54) is 24.8 Å². The molecular formula is C23H32O4. The summed E-state index contributed by atoms with van der Waals surface area (Å²) in [4.78, 5) is 12.0. The minimum Gasteiger partial charge on any atom is -0.396 e. The van der Waals surface area contributed by atoms with Crippen molar-refractivity contribution < 1.29 is 19.4 Å². The lowest BCUT2D eigenvalue weighted by molar-refractivity contribution is -0.192. The minimum atomic E-state index is -0.214. The van der Waals surface area contributed by atoms with Crippen molar-refractivity contribution in [2.24, 2.45) is 35.0 Å². The van der Waals surface area contributed by atoms with Gasteiger partial charge in [-0.25, -0.2) is 0 Å². The Morgan fingerprint density at radius 1 is 1.26 bits per heavy atom. The third-order valence-corrected chi connectivity index (χ3v) is 8.98. The van der Waals surface area contributed by atoms with Gasteiger partial charge in [-0.3, -0.25) is 4.79 Å². The second-order valence-corrected chi connectivity index (χ2v) is 9.77. The summed E-state index contributed by atoms with van der Waals surface area (Å²) in [6.45, 7) is 2.61. The van der Waals surface area contributed by atoms with Crippen molar-refractivity contribution >= 4 is 5.78 Å². The van der Waals surface area contributed by atoms with E-state index in [0.29, 0.717) is 30.1 Å². The fourth-order valence-corrected chi connectivity index (χ4v) is 7.66. The van der Waals surface area contributed by atoms with E-state index >= 15 is 0 Å². The Hall–Kier alpha value is -0.970. The van der Waals surface area contributed by atoms with Crippen LogP contribution in [0.15, 0.2) is 23.8 Å². The summed E-state index contributed by atoms with van der Waals surface area (Å²) >= 11 is 0. The Morgan fingerprint density at radius 3 is 2.85 bits per heavy atom. The average Bonchev–Trinajstić information content (AvgIpc) is 3.23. The smallest absolute Gasteiger partial charge is 0.177 e. The number of hydrogen-bond donors (Lipinski definition) is 1. The largest absolute Gasteiger partial charge is 0.396 e. The standard InChI is InChI=1S/C23H32O4/c1-22-8-5-17-16-4-3-15(25)12-18(16)14(13-24)11-19(17)20(22)6-9-23(22)10-7-21(26-2)27-23/h7,10,12,14,16-17,19-21,24H,3-6,8-9,11,13H2,1-2H3/t14-,16+,17?,19?,20?,21?,22-,23+/m0/s1. The van der Waals surface area contributed by atoms with Crippen LogP contribution in [0.2, 0.25) is 0 Å². The van der Waals surface area contributed by atoms with E-state index in [1.807, 2.05) is 6.08 Å². The Labute approximate surface area is 162 Å². The van der Waals surface area contributed by atoms with Crippen molar-refractivity contribution in [2.75, 3.05) is 13.7 Å². The van der Waals surface area contributed by atoms with Crippen molar-refractivity contribution in [3.63, 3.8) is 0 Å². The van der Waals surface area contributed by atoms with Gasteiger partial charge in [-0.05, 0) is 74.3 Å². The zero-order valence-electron chi connectivity index (χ0n) is 16.5. The molecule has 8 atom stereocenters. The Kier molecular flexibility index (Phi) is 4.20.